The Balaban J connectivity index is 1.21. The van der Waals surface area contributed by atoms with Crippen molar-refractivity contribution in [3.8, 4) is 17.2 Å². The highest BCUT2D eigenvalue weighted by Gasteiger charge is 2.26. The van der Waals surface area contributed by atoms with Crippen molar-refractivity contribution < 1.29 is 19.0 Å². The number of benzene rings is 2. The van der Waals surface area contributed by atoms with E-state index in [4.69, 9.17) is 14.2 Å². The molecule has 1 aliphatic carbocycles. The van der Waals surface area contributed by atoms with Crippen LogP contribution in [0, 0.1) is 6.92 Å². The van der Waals surface area contributed by atoms with E-state index in [1.165, 1.54) is 19.2 Å². The molecule has 9 nitrogen and oxygen atoms in total. The summed E-state index contributed by atoms with van der Waals surface area (Å²) in [5, 5.41) is 7.42. The fourth-order valence-corrected chi connectivity index (χ4v) is 5.17. The molecule has 0 spiro atoms. The van der Waals surface area contributed by atoms with Crippen LogP contribution in [0.2, 0.25) is 0 Å². The van der Waals surface area contributed by atoms with Crippen LogP contribution in [0.25, 0.3) is 10.9 Å². The summed E-state index contributed by atoms with van der Waals surface area (Å²) in [7, 11) is 3.21. The zero-order valence-electron chi connectivity index (χ0n) is 21.8. The molecule has 1 aliphatic heterocycles. The SMILES string of the molecule is COc1cc2ncnc(Nc3ccc(OC4CCN(C(=O)NC5CCCC5)CC4)c(C)c3)c2cc1OC. The van der Waals surface area contributed by atoms with Gasteiger partial charge in [0.15, 0.2) is 11.5 Å². The molecule has 0 radical (unpaired) electrons. The van der Waals surface area contributed by atoms with Crippen LogP contribution in [-0.4, -0.2) is 60.4 Å². The number of ether oxygens (including phenoxy) is 3. The molecule has 2 amide bonds. The summed E-state index contributed by atoms with van der Waals surface area (Å²) < 4.78 is 17.2. The third kappa shape index (κ3) is 5.65. The van der Waals surface area contributed by atoms with Gasteiger partial charge in [0, 0.05) is 49.1 Å². The summed E-state index contributed by atoms with van der Waals surface area (Å²) >= 11 is 0. The standard InChI is InChI=1S/C28H35N5O4/c1-18-14-20(31-27-22-15-25(35-2)26(36-3)16-23(22)29-17-30-27)8-9-24(18)37-21-10-12-33(13-11-21)28(34)32-19-6-4-5-7-19/h8-9,14-17,19,21H,4-7,10-13H2,1-3H3,(H,32,34)(H,29,30,31). The van der Waals surface area contributed by atoms with Gasteiger partial charge < -0.3 is 29.7 Å². The van der Waals surface area contributed by atoms with Crippen molar-refractivity contribution in [3.05, 3.63) is 42.2 Å². The van der Waals surface area contributed by atoms with Crippen molar-refractivity contribution in [1.82, 2.24) is 20.2 Å². The summed E-state index contributed by atoms with van der Waals surface area (Å²) in [5.41, 5.74) is 2.69. The Morgan fingerprint density at radius 2 is 1.68 bits per heavy atom. The number of urea groups is 1. The second-order valence-electron chi connectivity index (χ2n) is 9.79. The number of nitrogens with one attached hydrogen (secondary N) is 2. The lowest BCUT2D eigenvalue weighted by atomic mass is 10.1. The number of likely N-dealkylation sites (tertiary alicyclic amines) is 1. The van der Waals surface area contributed by atoms with Crippen LogP contribution >= 0.6 is 0 Å². The maximum absolute atomic E-state index is 12.6. The van der Waals surface area contributed by atoms with E-state index in [-0.39, 0.29) is 12.1 Å². The van der Waals surface area contributed by atoms with E-state index in [1.54, 1.807) is 14.2 Å². The Labute approximate surface area is 217 Å². The second kappa shape index (κ2) is 11.1. The van der Waals surface area contributed by atoms with Gasteiger partial charge in [-0.2, -0.15) is 0 Å². The average Bonchev–Trinajstić information content (AvgIpc) is 3.43. The van der Waals surface area contributed by atoms with Gasteiger partial charge in [-0.3, -0.25) is 0 Å². The number of aryl methyl sites for hydroxylation is 1. The van der Waals surface area contributed by atoms with Gasteiger partial charge in [0.25, 0.3) is 0 Å². The Hall–Kier alpha value is -3.75. The lowest BCUT2D eigenvalue weighted by molar-refractivity contribution is 0.109. The molecule has 0 unspecified atom stereocenters. The van der Waals surface area contributed by atoms with Gasteiger partial charge in [-0.15, -0.1) is 0 Å². The molecule has 0 atom stereocenters. The Bertz CT molecular complexity index is 1250. The third-order valence-corrected chi connectivity index (χ3v) is 7.28. The van der Waals surface area contributed by atoms with Gasteiger partial charge in [0.05, 0.1) is 19.7 Å². The molecule has 196 valence electrons. The highest BCUT2D eigenvalue weighted by molar-refractivity contribution is 5.93. The first kappa shape index (κ1) is 24.9. The zero-order valence-corrected chi connectivity index (χ0v) is 21.8. The van der Waals surface area contributed by atoms with Crippen molar-refractivity contribution in [2.45, 2.75) is 57.6 Å². The first-order chi connectivity index (χ1) is 18.0. The van der Waals surface area contributed by atoms with E-state index in [9.17, 15) is 4.79 Å². The number of carbonyl (C=O) groups excluding carboxylic acids is 1. The molecule has 1 saturated heterocycles. The van der Waals surface area contributed by atoms with Gasteiger partial charge in [0.1, 0.15) is 24.0 Å². The first-order valence-electron chi connectivity index (χ1n) is 13.0. The molecule has 2 N–H and O–H groups in total. The summed E-state index contributed by atoms with van der Waals surface area (Å²) in [5.74, 6) is 2.78. The topological polar surface area (TPSA) is 97.8 Å². The number of hydrogen-bond acceptors (Lipinski definition) is 7. The summed E-state index contributed by atoms with van der Waals surface area (Å²) in [6.07, 6.45) is 7.92. The number of amides is 2. The number of fused-ring (bicyclic) bond motifs is 1. The maximum Gasteiger partial charge on any atom is 0.317 e. The van der Waals surface area contributed by atoms with Crippen LogP contribution < -0.4 is 24.8 Å². The number of aromatic nitrogens is 2. The predicted molar refractivity (Wildman–Crippen MR) is 143 cm³/mol. The van der Waals surface area contributed by atoms with Crippen LogP contribution in [0.15, 0.2) is 36.7 Å². The van der Waals surface area contributed by atoms with E-state index in [0.717, 1.165) is 66.7 Å². The summed E-state index contributed by atoms with van der Waals surface area (Å²) in [6.45, 7) is 3.48. The molecule has 3 aromatic rings. The van der Waals surface area contributed by atoms with E-state index in [1.807, 2.05) is 42.2 Å². The minimum atomic E-state index is 0.0743. The zero-order chi connectivity index (χ0) is 25.8. The van der Waals surface area contributed by atoms with E-state index in [0.29, 0.717) is 23.4 Å². The molecule has 2 heterocycles. The number of anilines is 2. The molecule has 0 bridgehead atoms. The Morgan fingerprint density at radius 1 is 0.946 bits per heavy atom. The number of piperidine rings is 1. The predicted octanol–water partition coefficient (Wildman–Crippen LogP) is 5.19. The van der Waals surface area contributed by atoms with E-state index in [2.05, 4.69) is 20.6 Å². The minimum Gasteiger partial charge on any atom is -0.493 e. The molecule has 5 rings (SSSR count). The lowest BCUT2D eigenvalue weighted by Gasteiger charge is -2.33. The molecular formula is C28H35N5O4. The number of carbonyl (C=O) groups is 1. The number of methoxy groups -OCH3 is 2. The quantitative estimate of drug-likeness (QED) is 0.456. The van der Waals surface area contributed by atoms with Gasteiger partial charge in [-0.05, 0) is 49.6 Å². The van der Waals surface area contributed by atoms with Crippen molar-refractivity contribution in [3.63, 3.8) is 0 Å². The van der Waals surface area contributed by atoms with Crippen molar-refractivity contribution in [1.29, 1.82) is 0 Å². The summed E-state index contributed by atoms with van der Waals surface area (Å²) in [4.78, 5) is 23.3. The highest BCUT2D eigenvalue weighted by atomic mass is 16.5. The van der Waals surface area contributed by atoms with Crippen molar-refractivity contribution >= 4 is 28.4 Å². The minimum absolute atomic E-state index is 0.0743. The van der Waals surface area contributed by atoms with Crippen LogP contribution in [0.1, 0.15) is 44.1 Å². The van der Waals surface area contributed by atoms with Gasteiger partial charge in [-0.25, -0.2) is 14.8 Å². The lowest BCUT2D eigenvalue weighted by Crippen LogP contribution is -2.48. The maximum atomic E-state index is 12.6. The van der Waals surface area contributed by atoms with Crippen LogP contribution in [0.5, 0.6) is 17.2 Å². The number of rotatable bonds is 7. The molecule has 2 aliphatic rings. The van der Waals surface area contributed by atoms with Crippen molar-refractivity contribution in [2.24, 2.45) is 0 Å². The first-order valence-corrected chi connectivity index (χ1v) is 13.0. The van der Waals surface area contributed by atoms with Gasteiger partial charge in [-0.1, -0.05) is 12.8 Å². The molecule has 1 aromatic heterocycles. The smallest absolute Gasteiger partial charge is 0.317 e. The third-order valence-electron chi connectivity index (χ3n) is 7.28. The van der Waals surface area contributed by atoms with E-state index >= 15 is 0 Å². The van der Waals surface area contributed by atoms with Crippen molar-refractivity contribution in [2.75, 3.05) is 32.6 Å². The average molecular weight is 506 g/mol. The Kier molecular flexibility index (Phi) is 7.48. The molecule has 2 aromatic carbocycles. The largest absolute Gasteiger partial charge is 0.493 e. The number of nitrogens with zero attached hydrogens (tertiary/aromatic N) is 3. The normalized spacial score (nSPS) is 16.6. The molecular weight excluding hydrogens is 470 g/mol. The van der Waals surface area contributed by atoms with Crippen LogP contribution in [-0.2, 0) is 0 Å². The van der Waals surface area contributed by atoms with Gasteiger partial charge in [0.2, 0.25) is 0 Å². The highest BCUT2D eigenvalue weighted by Crippen LogP contribution is 2.35. The molecule has 1 saturated carbocycles. The molecule has 9 heteroatoms. The fraction of sp³-hybridized carbons (Fsp3) is 0.464. The fourth-order valence-electron chi connectivity index (χ4n) is 5.17. The molecule has 37 heavy (non-hydrogen) atoms. The second-order valence-corrected chi connectivity index (χ2v) is 9.79. The molecule has 2 fully saturated rings. The van der Waals surface area contributed by atoms with Gasteiger partial charge >= 0.3 is 6.03 Å². The summed E-state index contributed by atoms with van der Waals surface area (Å²) in [6, 6.07) is 10.2. The Morgan fingerprint density at radius 3 is 2.38 bits per heavy atom. The monoisotopic (exact) mass is 505 g/mol. The van der Waals surface area contributed by atoms with Crippen LogP contribution in [0.4, 0.5) is 16.3 Å². The van der Waals surface area contributed by atoms with Crippen LogP contribution in [0.3, 0.4) is 0 Å². The number of hydrogen-bond donors (Lipinski definition) is 2. The van der Waals surface area contributed by atoms with E-state index < -0.39 is 0 Å².